The van der Waals surface area contributed by atoms with Crippen molar-refractivity contribution in [2.45, 2.75) is 18.8 Å². The van der Waals surface area contributed by atoms with Gasteiger partial charge >= 0.3 is 11.9 Å². The molecule has 0 aromatic carbocycles. The van der Waals surface area contributed by atoms with Gasteiger partial charge in [0.2, 0.25) is 0 Å². The lowest BCUT2D eigenvalue weighted by molar-refractivity contribution is -0.149. The number of terminal acetylenes is 1. The maximum Gasteiger partial charge on any atom is 0.341 e. The zero-order valence-electron chi connectivity index (χ0n) is 11.8. The summed E-state index contributed by atoms with van der Waals surface area (Å²) in [7, 11) is 1.18. The van der Waals surface area contributed by atoms with Gasteiger partial charge < -0.3 is 14.6 Å². The molecule has 0 aliphatic heterocycles. The van der Waals surface area contributed by atoms with Gasteiger partial charge in [0.25, 0.3) is 0 Å². The fourth-order valence-electron chi connectivity index (χ4n) is 1.70. The average Bonchev–Trinajstić information content (AvgIpc) is 2.52. The molecule has 0 spiro atoms. The molecule has 112 valence electrons. The van der Waals surface area contributed by atoms with E-state index in [1.54, 1.807) is 6.92 Å². The molecule has 21 heavy (non-hydrogen) atoms. The molecule has 1 atom stereocenters. The van der Waals surface area contributed by atoms with E-state index in [0.717, 1.165) is 0 Å². The minimum Gasteiger partial charge on any atom is -0.468 e. The number of aliphatic hydroxyl groups excluding tert-OH is 1. The third-order valence-corrected chi connectivity index (χ3v) is 2.84. The number of aromatic nitrogens is 2. The van der Waals surface area contributed by atoms with Crippen molar-refractivity contribution >= 4 is 11.9 Å². The summed E-state index contributed by atoms with van der Waals surface area (Å²) in [5, 5.41) is 9.56. The number of carbonyl (C=O) groups excluding carboxylic acids is 2. The van der Waals surface area contributed by atoms with E-state index in [1.165, 1.54) is 19.5 Å². The Morgan fingerprint density at radius 1 is 1.43 bits per heavy atom. The van der Waals surface area contributed by atoms with E-state index in [2.05, 4.69) is 20.6 Å². The highest BCUT2D eigenvalue weighted by Crippen LogP contribution is 2.26. The van der Waals surface area contributed by atoms with Crippen LogP contribution in [0.4, 0.5) is 0 Å². The Bertz CT molecular complexity index is 549. The molecule has 0 aliphatic carbocycles. The number of rotatable bonds is 6. The van der Waals surface area contributed by atoms with Crippen LogP contribution in [0.25, 0.3) is 0 Å². The van der Waals surface area contributed by atoms with Gasteiger partial charge in [0.15, 0.2) is 5.41 Å². The summed E-state index contributed by atoms with van der Waals surface area (Å²) in [4.78, 5) is 31.3. The zero-order chi connectivity index (χ0) is 15.9. The molecule has 0 amide bonds. The van der Waals surface area contributed by atoms with Crippen molar-refractivity contribution in [3.63, 3.8) is 0 Å². The maximum atomic E-state index is 11.9. The van der Waals surface area contributed by atoms with Crippen LogP contribution in [0.1, 0.15) is 29.5 Å². The largest absolute Gasteiger partial charge is 0.468 e. The molecule has 1 aromatic rings. The van der Waals surface area contributed by atoms with Crippen molar-refractivity contribution in [2.24, 2.45) is 0 Å². The first kappa shape index (κ1) is 16.6. The van der Waals surface area contributed by atoms with E-state index < -0.39 is 24.0 Å². The summed E-state index contributed by atoms with van der Waals surface area (Å²) in [5.41, 5.74) is -1.41. The summed E-state index contributed by atoms with van der Waals surface area (Å²) in [5.74, 6) is 0.968. The van der Waals surface area contributed by atoms with E-state index in [4.69, 9.17) is 11.2 Å². The molecule has 1 aromatic heterocycles. The highest BCUT2D eigenvalue weighted by Gasteiger charge is 2.43. The minimum absolute atomic E-state index is 0.0113. The number of aliphatic hydroxyl groups is 1. The Labute approximate surface area is 122 Å². The lowest BCUT2D eigenvalue weighted by atomic mass is 9.84. The molecule has 0 fully saturated rings. The monoisotopic (exact) mass is 292 g/mol. The fraction of sp³-hybridized carbons (Fsp3) is 0.429. The normalized spacial score (nSPS) is 12.9. The summed E-state index contributed by atoms with van der Waals surface area (Å²) >= 11 is 0. The quantitative estimate of drug-likeness (QED) is 0.585. The van der Waals surface area contributed by atoms with Crippen molar-refractivity contribution in [3.05, 3.63) is 23.8 Å². The molecule has 1 unspecified atom stereocenters. The molecule has 7 heteroatoms. The molecule has 0 radical (unpaired) electrons. The number of ether oxygens (including phenoxy) is 2. The van der Waals surface area contributed by atoms with Gasteiger partial charge in [0.1, 0.15) is 5.82 Å². The van der Waals surface area contributed by atoms with Crippen LogP contribution in [0.5, 0.6) is 0 Å². The molecule has 1 rings (SSSR count). The van der Waals surface area contributed by atoms with E-state index in [-0.39, 0.29) is 24.4 Å². The third kappa shape index (κ3) is 3.35. The van der Waals surface area contributed by atoms with E-state index in [9.17, 15) is 14.7 Å². The number of hydrogen-bond acceptors (Lipinski definition) is 7. The summed E-state index contributed by atoms with van der Waals surface area (Å²) < 4.78 is 9.47. The Balaban J connectivity index is 3.19. The Hall–Kier alpha value is -2.46. The van der Waals surface area contributed by atoms with Gasteiger partial charge in [-0.15, -0.1) is 12.3 Å². The van der Waals surface area contributed by atoms with Crippen LogP contribution >= 0.6 is 0 Å². The molecule has 1 heterocycles. The number of carbonyl (C=O) groups is 2. The molecule has 7 nitrogen and oxygen atoms in total. The van der Waals surface area contributed by atoms with Crippen LogP contribution in [-0.2, 0) is 19.7 Å². The van der Waals surface area contributed by atoms with Crippen molar-refractivity contribution in [1.29, 1.82) is 0 Å². The van der Waals surface area contributed by atoms with Crippen molar-refractivity contribution < 1.29 is 24.2 Å². The van der Waals surface area contributed by atoms with Crippen LogP contribution in [-0.4, -0.2) is 47.3 Å². The van der Waals surface area contributed by atoms with E-state index >= 15 is 0 Å². The first-order chi connectivity index (χ1) is 10.1. The van der Waals surface area contributed by atoms with Crippen LogP contribution in [0.3, 0.4) is 0 Å². The standard InChI is InChI=1S/C14H16N2O5/c1-4-6-14(9-17,13(19)20-3)12-15-7-10(8-16-12)11(18)21-5-2/h1,7-8,17H,5-6,9H2,2-3H3. The van der Waals surface area contributed by atoms with Gasteiger partial charge in [-0.2, -0.15) is 0 Å². The molecule has 0 saturated heterocycles. The summed E-state index contributed by atoms with van der Waals surface area (Å²) in [6.45, 7) is 1.29. The van der Waals surface area contributed by atoms with Gasteiger partial charge in [-0.1, -0.05) is 0 Å². The first-order valence-electron chi connectivity index (χ1n) is 6.18. The van der Waals surface area contributed by atoms with Gasteiger partial charge in [-0.25, -0.2) is 14.8 Å². The van der Waals surface area contributed by atoms with Gasteiger partial charge in [-0.05, 0) is 6.92 Å². The highest BCUT2D eigenvalue weighted by molar-refractivity contribution is 5.88. The maximum absolute atomic E-state index is 11.9. The molecule has 0 saturated carbocycles. The van der Waals surface area contributed by atoms with Crippen molar-refractivity contribution in [2.75, 3.05) is 20.3 Å². The predicted octanol–water partition coefficient (Wildman–Crippen LogP) is 0.0797. The molecular weight excluding hydrogens is 276 g/mol. The lowest BCUT2D eigenvalue weighted by Crippen LogP contribution is -2.42. The Morgan fingerprint density at radius 2 is 2.05 bits per heavy atom. The zero-order valence-corrected chi connectivity index (χ0v) is 11.8. The molecule has 1 N–H and O–H groups in total. The summed E-state index contributed by atoms with van der Waals surface area (Å²) in [6.07, 6.45) is 7.53. The first-order valence-corrected chi connectivity index (χ1v) is 6.18. The van der Waals surface area contributed by atoms with Crippen LogP contribution in [0, 0.1) is 12.3 Å². The predicted molar refractivity (Wildman–Crippen MR) is 72.2 cm³/mol. The third-order valence-electron chi connectivity index (χ3n) is 2.84. The number of esters is 2. The van der Waals surface area contributed by atoms with Crippen molar-refractivity contribution in [1.82, 2.24) is 9.97 Å². The number of hydrogen-bond donors (Lipinski definition) is 1. The Morgan fingerprint density at radius 3 is 2.48 bits per heavy atom. The number of nitrogens with zero attached hydrogens (tertiary/aromatic N) is 2. The van der Waals surface area contributed by atoms with Crippen molar-refractivity contribution in [3.8, 4) is 12.3 Å². The van der Waals surface area contributed by atoms with Gasteiger partial charge in [0.05, 0.1) is 25.9 Å². The number of methoxy groups -OCH3 is 1. The second kappa shape index (κ2) is 7.36. The van der Waals surface area contributed by atoms with Crippen LogP contribution < -0.4 is 0 Å². The van der Waals surface area contributed by atoms with Gasteiger partial charge in [0, 0.05) is 18.8 Å². The second-order valence-electron chi connectivity index (χ2n) is 4.13. The smallest absolute Gasteiger partial charge is 0.341 e. The van der Waals surface area contributed by atoms with E-state index in [1.807, 2.05) is 0 Å². The SMILES string of the molecule is C#CCC(CO)(C(=O)OC)c1ncc(C(=O)OCC)cn1. The second-order valence-corrected chi connectivity index (χ2v) is 4.13. The molecular formula is C14H16N2O5. The van der Waals surface area contributed by atoms with Gasteiger partial charge in [-0.3, -0.25) is 4.79 Å². The lowest BCUT2D eigenvalue weighted by Gasteiger charge is -2.25. The Kier molecular flexibility index (Phi) is 5.81. The average molecular weight is 292 g/mol. The summed E-state index contributed by atoms with van der Waals surface area (Å²) in [6, 6.07) is 0. The molecule has 0 bridgehead atoms. The molecule has 0 aliphatic rings. The topological polar surface area (TPSA) is 98.6 Å². The highest BCUT2D eigenvalue weighted by atomic mass is 16.5. The van der Waals surface area contributed by atoms with Crippen LogP contribution in [0.2, 0.25) is 0 Å². The fourth-order valence-corrected chi connectivity index (χ4v) is 1.70. The van der Waals surface area contributed by atoms with Crippen LogP contribution in [0.15, 0.2) is 12.4 Å². The van der Waals surface area contributed by atoms with E-state index in [0.29, 0.717) is 0 Å². The minimum atomic E-state index is -1.54.